The number of aromatic nitrogens is 3. The van der Waals surface area contributed by atoms with E-state index in [4.69, 9.17) is 9.15 Å². The number of carbonyl (C=O) groups excluding carboxylic acids is 3. The molecule has 1 atom stereocenters. The molecule has 11 nitrogen and oxygen atoms in total. The number of imide groups is 1. The summed E-state index contributed by atoms with van der Waals surface area (Å²) < 4.78 is 12.3. The smallest absolute Gasteiger partial charge is 0.344 e. The Morgan fingerprint density at radius 3 is 2.85 bits per heavy atom. The van der Waals surface area contributed by atoms with Gasteiger partial charge in [0.25, 0.3) is 5.91 Å². The van der Waals surface area contributed by atoms with Crippen LogP contribution in [0.15, 0.2) is 64.9 Å². The molecule has 176 valence electrons. The molecular formula is C22H22N6O5S. The molecule has 0 aliphatic carbocycles. The average molecular weight is 483 g/mol. The lowest BCUT2D eigenvalue weighted by Gasteiger charge is -2.22. The lowest BCUT2D eigenvalue weighted by atomic mass is 9.92. The summed E-state index contributed by atoms with van der Waals surface area (Å²) in [5.41, 5.74) is 1.55. The van der Waals surface area contributed by atoms with Gasteiger partial charge in [-0.15, -0.1) is 16.8 Å². The summed E-state index contributed by atoms with van der Waals surface area (Å²) in [5.74, 6) is 0.283. The summed E-state index contributed by atoms with van der Waals surface area (Å²) in [5, 5.41) is 12.0. The molecule has 3 heterocycles. The van der Waals surface area contributed by atoms with Gasteiger partial charge in [0.15, 0.2) is 10.9 Å². The van der Waals surface area contributed by atoms with Gasteiger partial charge in [-0.05, 0) is 36.8 Å². The Hall–Kier alpha value is -4.06. The van der Waals surface area contributed by atoms with Crippen molar-refractivity contribution in [1.82, 2.24) is 30.5 Å². The van der Waals surface area contributed by atoms with Gasteiger partial charge < -0.3 is 14.5 Å². The van der Waals surface area contributed by atoms with E-state index in [2.05, 4.69) is 27.5 Å². The first-order chi connectivity index (χ1) is 16.4. The van der Waals surface area contributed by atoms with Crippen molar-refractivity contribution in [2.24, 2.45) is 0 Å². The zero-order valence-electron chi connectivity index (χ0n) is 18.5. The van der Waals surface area contributed by atoms with Crippen LogP contribution in [0.3, 0.4) is 0 Å². The van der Waals surface area contributed by atoms with Crippen LogP contribution in [-0.2, 0) is 21.7 Å². The monoisotopic (exact) mass is 482 g/mol. The highest BCUT2D eigenvalue weighted by Crippen LogP contribution is 2.30. The van der Waals surface area contributed by atoms with E-state index in [0.717, 1.165) is 11.8 Å². The van der Waals surface area contributed by atoms with Crippen LogP contribution in [-0.4, -0.2) is 50.5 Å². The largest absolute Gasteiger partial charge is 0.497 e. The third kappa shape index (κ3) is 4.27. The van der Waals surface area contributed by atoms with Crippen LogP contribution in [0.25, 0.3) is 11.6 Å². The standard InChI is InChI=1S/C22H22N6O5S/c1-4-10-27-18(16-9-6-11-33-16)24-25-21(27)34-13-17(29)26-28-19(30)22(2,23-20(28)31)14-7-5-8-15(12-14)32-3/h4-9,11-12H,1,10,13H2,2-3H3,(H,23,31)(H,26,29)/t22-/m0/s1. The normalized spacial score (nSPS) is 17.5. The molecule has 2 aromatic heterocycles. The summed E-state index contributed by atoms with van der Waals surface area (Å²) in [6, 6.07) is 9.55. The summed E-state index contributed by atoms with van der Waals surface area (Å²) >= 11 is 1.10. The number of urea groups is 1. The molecule has 1 fully saturated rings. The second-order valence-electron chi connectivity index (χ2n) is 7.43. The molecule has 34 heavy (non-hydrogen) atoms. The third-order valence-electron chi connectivity index (χ3n) is 5.18. The molecule has 3 aromatic rings. The van der Waals surface area contributed by atoms with Crippen LogP contribution in [0.4, 0.5) is 4.79 Å². The van der Waals surface area contributed by atoms with E-state index < -0.39 is 23.4 Å². The number of rotatable bonds is 9. The Bertz CT molecular complexity index is 1240. The molecular weight excluding hydrogens is 460 g/mol. The van der Waals surface area contributed by atoms with Gasteiger partial charge in [-0.1, -0.05) is 30.0 Å². The minimum atomic E-state index is -1.35. The van der Waals surface area contributed by atoms with Gasteiger partial charge in [-0.25, -0.2) is 4.79 Å². The van der Waals surface area contributed by atoms with Crippen molar-refractivity contribution in [3.63, 3.8) is 0 Å². The molecule has 4 amide bonds. The van der Waals surface area contributed by atoms with Gasteiger partial charge in [-0.3, -0.25) is 19.6 Å². The van der Waals surface area contributed by atoms with E-state index >= 15 is 0 Å². The van der Waals surface area contributed by atoms with Crippen molar-refractivity contribution >= 4 is 29.6 Å². The zero-order valence-corrected chi connectivity index (χ0v) is 19.3. The Morgan fingerprint density at radius 1 is 1.32 bits per heavy atom. The summed E-state index contributed by atoms with van der Waals surface area (Å²) in [4.78, 5) is 38.2. The molecule has 1 aromatic carbocycles. The lowest BCUT2D eigenvalue weighted by molar-refractivity contribution is -0.138. The highest BCUT2D eigenvalue weighted by Gasteiger charge is 2.50. The maximum absolute atomic E-state index is 13.1. The molecule has 2 N–H and O–H groups in total. The Labute approximate surface area is 199 Å². The first-order valence-corrected chi connectivity index (χ1v) is 11.2. The number of amides is 4. The second kappa shape index (κ2) is 9.43. The van der Waals surface area contributed by atoms with E-state index in [0.29, 0.717) is 39.6 Å². The maximum atomic E-state index is 13.1. The van der Waals surface area contributed by atoms with Gasteiger partial charge in [-0.2, -0.15) is 5.01 Å². The van der Waals surface area contributed by atoms with Crippen molar-refractivity contribution in [2.75, 3.05) is 12.9 Å². The molecule has 0 saturated carbocycles. The number of carbonyl (C=O) groups is 3. The minimum absolute atomic E-state index is 0.111. The van der Waals surface area contributed by atoms with Crippen LogP contribution in [0.2, 0.25) is 0 Å². The number of hydrogen-bond donors (Lipinski definition) is 2. The Morgan fingerprint density at radius 2 is 2.15 bits per heavy atom. The number of hydrazine groups is 1. The van der Waals surface area contributed by atoms with Crippen LogP contribution < -0.4 is 15.5 Å². The predicted molar refractivity (Wildman–Crippen MR) is 123 cm³/mol. The maximum Gasteiger partial charge on any atom is 0.344 e. The van der Waals surface area contributed by atoms with Crippen molar-refractivity contribution in [2.45, 2.75) is 24.2 Å². The Kier molecular flexibility index (Phi) is 6.41. The van der Waals surface area contributed by atoms with Crippen molar-refractivity contribution in [3.05, 3.63) is 60.9 Å². The molecule has 4 rings (SSSR count). The van der Waals surface area contributed by atoms with Gasteiger partial charge in [0.2, 0.25) is 11.7 Å². The summed E-state index contributed by atoms with van der Waals surface area (Å²) in [7, 11) is 1.51. The number of methoxy groups -OCH3 is 1. The summed E-state index contributed by atoms with van der Waals surface area (Å²) in [6.45, 7) is 5.70. The number of allylic oxidation sites excluding steroid dienone is 1. The molecule has 0 spiro atoms. The lowest BCUT2D eigenvalue weighted by Crippen LogP contribution is -2.48. The van der Waals surface area contributed by atoms with Crippen molar-refractivity contribution in [3.8, 4) is 17.3 Å². The number of benzene rings is 1. The molecule has 0 unspecified atom stereocenters. The fraction of sp³-hybridized carbons (Fsp3) is 0.227. The quantitative estimate of drug-likeness (QED) is 0.270. The minimum Gasteiger partial charge on any atom is -0.497 e. The molecule has 1 aliphatic rings. The predicted octanol–water partition coefficient (Wildman–Crippen LogP) is 2.32. The molecule has 12 heteroatoms. The first kappa shape index (κ1) is 23.1. The molecule has 0 bridgehead atoms. The zero-order chi connectivity index (χ0) is 24.3. The van der Waals surface area contributed by atoms with Crippen molar-refractivity contribution < 1.29 is 23.5 Å². The molecule has 1 saturated heterocycles. The number of thioether (sulfide) groups is 1. The van der Waals surface area contributed by atoms with Crippen LogP contribution in [0, 0.1) is 0 Å². The SMILES string of the molecule is C=CCn1c(SCC(=O)NN2C(=O)N[C@@](C)(c3cccc(OC)c3)C2=O)nnc1-c1ccco1. The number of furan rings is 1. The van der Waals surface area contributed by atoms with Crippen LogP contribution in [0.5, 0.6) is 5.75 Å². The third-order valence-corrected chi connectivity index (χ3v) is 6.14. The number of nitrogens with zero attached hydrogens (tertiary/aromatic N) is 4. The summed E-state index contributed by atoms with van der Waals surface area (Å²) in [6.07, 6.45) is 3.20. The van der Waals surface area contributed by atoms with Crippen LogP contribution >= 0.6 is 11.8 Å². The first-order valence-electron chi connectivity index (χ1n) is 10.2. The fourth-order valence-corrected chi connectivity index (χ4v) is 4.17. The van der Waals surface area contributed by atoms with Crippen LogP contribution in [0.1, 0.15) is 12.5 Å². The second-order valence-corrected chi connectivity index (χ2v) is 8.38. The van der Waals surface area contributed by atoms with Gasteiger partial charge in [0, 0.05) is 6.54 Å². The van der Waals surface area contributed by atoms with E-state index in [1.807, 2.05) is 0 Å². The highest BCUT2D eigenvalue weighted by molar-refractivity contribution is 7.99. The van der Waals surface area contributed by atoms with Crippen molar-refractivity contribution in [1.29, 1.82) is 0 Å². The Balaban J connectivity index is 1.44. The van der Waals surface area contributed by atoms with E-state index in [1.165, 1.54) is 13.4 Å². The van der Waals surface area contributed by atoms with Gasteiger partial charge in [0.05, 0.1) is 19.1 Å². The van der Waals surface area contributed by atoms with Gasteiger partial charge in [0.1, 0.15) is 11.3 Å². The van der Waals surface area contributed by atoms with E-state index in [9.17, 15) is 14.4 Å². The highest BCUT2D eigenvalue weighted by atomic mass is 32.2. The van der Waals surface area contributed by atoms with E-state index in [-0.39, 0.29) is 5.75 Å². The topological polar surface area (TPSA) is 132 Å². The molecule has 0 radical (unpaired) electrons. The fourth-order valence-electron chi connectivity index (χ4n) is 3.43. The number of nitrogens with one attached hydrogen (secondary N) is 2. The molecule has 1 aliphatic heterocycles. The average Bonchev–Trinajstić information content (AvgIpc) is 3.55. The number of ether oxygens (including phenoxy) is 1. The van der Waals surface area contributed by atoms with E-state index in [1.54, 1.807) is 54.0 Å². The van der Waals surface area contributed by atoms with Gasteiger partial charge >= 0.3 is 6.03 Å². The number of hydrogen-bond acceptors (Lipinski definition) is 8.